The molecule has 1 aliphatic carbocycles. The summed E-state index contributed by atoms with van der Waals surface area (Å²) in [5.74, 6) is 2.67. The molecule has 0 N–H and O–H groups in total. The van der Waals surface area contributed by atoms with E-state index in [1.807, 2.05) is 41.2 Å². The van der Waals surface area contributed by atoms with E-state index in [-0.39, 0.29) is 6.04 Å². The summed E-state index contributed by atoms with van der Waals surface area (Å²) >= 11 is 0. The van der Waals surface area contributed by atoms with Crippen LogP contribution in [0.5, 0.6) is 0 Å². The van der Waals surface area contributed by atoms with Gasteiger partial charge in [0.2, 0.25) is 0 Å². The lowest BCUT2D eigenvalue weighted by Gasteiger charge is -2.45. The molecule has 1 aromatic carbocycles. The van der Waals surface area contributed by atoms with Crippen LogP contribution in [0.1, 0.15) is 44.5 Å². The highest BCUT2D eigenvalue weighted by Gasteiger charge is 2.39. The number of rotatable bonds is 4. The quantitative estimate of drug-likeness (QED) is 0.490. The lowest BCUT2D eigenvalue weighted by Crippen LogP contribution is -2.46. The third-order valence-electron chi connectivity index (χ3n) is 6.46. The molecule has 0 bridgehead atoms. The molecule has 1 aliphatic heterocycles. The Morgan fingerprint density at radius 2 is 1.90 bits per heavy atom. The van der Waals surface area contributed by atoms with Gasteiger partial charge in [-0.2, -0.15) is 0 Å². The first kappa shape index (κ1) is 18.2. The first-order valence-corrected chi connectivity index (χ1v) is 10.9. The predicted molar refractivity (Wildman–Crippen MR) is 119 cm³/mol. The highest BCUT2D eigenvalue weighted by Crippen LogP contribution is 2.44. The van der Waals surface area contributed by atoms with Crippen LogP contribution in [0.3, 0.4) is 0 Å². The minimum absolute atomic E-state index is 0.175. The van der Waals surface area contributed by atoms with Gasteiger partial charge >= 0.3 is 0 Å². The first-order chi connectivity index (χ1) is 15.3. The molecule has 0 saturated heterocycles. The molecule has 1 atom stereocenters. The fraction of sp³-hybridized carbons (Fsp3) is 0.292. The van der Waals surface area contributed by atoms with Crippen LogP contribution in [0.25, 0.3) is 28.2 Å². The van der Waals surface area contributed by atoms with E-state index in [1.165, 1.54) is 19.3 Å². The van der Waals surface area contributed by atoms with Crippen LogP contribution < -0.4 is 4.90 Å². The summed E-state index contributed by atoms with van der Waals surface area (Å²) in [4.78, 5) is 16.7. The summed E-state index contributed by atoms with van der Waals surface area (Å²) < 4.78 is 2.05. The summed E-state index contributed by atoms with van der Waals surface area (Å²) in [6.07, 6.45) is 12.0. The van der Waals surface area contributed by atoms with Crippen molar-refractivity contribution < 1.29 is 0 Å². The molecule has 3 aromatic heterocycles. The highest BCUT2D eigenvalue weighted by molar-refractivity contribution is 5.80. The number of aromatic nitrogens is 6. The number of hydrogen-bond donors (Lipinski definition) is 0. The number of hydrogen-bond acceptors (Lipinski definition) is 6. The van der Waals surface area contributed by atoms with Crippen LogP contribution in [0.2, 0.25) is 0 Å². The lowest BCUT2D eigenvalue weighted by atomic mass is 9.89. The molecule has 1 fully saturated rings. The standard InChI is InChI=1S/C24H23N7/c1-2-20-24-29-27-15-30(24)21-14-26-22(28-23(21)31(20)17-9-6-10-17)18-11-12-25-13-19(18)16-7-4-3-5-8-16/h3-5,7-8,11-15,17,20H,2,6,9-10H2,1H3. The molecule has 0 radical (unpaired) electrons. The highest BCUT2D eigenvalue weighted by atomic mass is 15.4. The van der Waals surface area contributed by atoms with Crippen molar-refractivity contribution in [1.82, 2.24) is 29.7 Å². The Labute approximate surface area is 180 Å². The van der Waals surface area contributed by atoms with Crippen molar-refractivity contribution in [2.45, 2.75) is 44.7 Å². The van der Waals surface area contributed by atoms with Gasteiger partial charge in [0, 0.05) is 29.6 Å². The van der Waals surface area contributed by atoms with Gasteiger partial charge in [-0.15, -0.1) is 10.2 Å². The van der Waals surface area contributed by atoms with E-state index in [2.05, 4.69) is 39.1 Å². The summed E-state index contributed by atoms with van der Waals surface area (Å²) in [5, 5.41) is 8.64. The summed E-state index contributed by atoms with van der Waals surface area (Å²) in [6.45, 7) is 2.21. The monoisotopic (exact) mass is 409 g/mol. The third kappa shape index (κ3) is 2.84. The number of nitrogens with zero attached hydrogens (tertiary/aromatic N) is 7. The van der Waals surface area contributed by atoms with Gasteiger partial charge < -0.3 is 4.90 Å². The summed E-state index contributed by atoms with van der Waals surface area (Å²) in [5.41, 5.74) is 4.08. The molecular formula is C24H23N7. The summed E-state index contributed by atoms with van der Waals surface area (Å²) in [7, 11) is 0. The van der Waals surface area contributed by atoms with Crippen molar-refractivity contribution in [3.8, 4) is 28.2 Å². The second kappa shape index (κ2) is 7.27. The van der Waals surface area contributed by atoms with Gasteiger partial charge in [-0.25, -0.2) is 9.97 Å². The van der Waals surface area contributed by atoms with Crippen LogP contribution in [-0.2, 0) is 0 Å². The SMILES string of the molecule is CCC1c2nncn2-c2cnc(-c3ccncc3-c3ccccc3)nc2N1C1CCC1. The fourth-order valence-corrected chi connectivity index (χ4v) is 4.69. The minimum atomic E-state index is 0.175. The normalized spacial score (nSPS) is 17.7. The van der Waals surface area contributed by atoms with Crippen molar-refractivity contribution in [3.05, 3.63) is 67.1 Å². The average molecular weight is 409 g/mol. The van der Waals surface area contributed by atoms with Gasteiger partial charge in [-0.3, -0.25) is 9.55 Å². The molecule has 4 aromatic rings. The van der Waals surface area contributed by atoms with Gasteiger partial charge in [0.15, 0.2) is 17.5 Å². The van der Waals surface area contributed by atoms with Crippen LogP contribution in [0.4, 0.5) is 5.82 Å². The third-order valence-corrected chi connectivity index (χ3v) is 6.46. The zero-order valence-electron chi connectivity index (χ0n) is 17.4. The number of anilines is 1. The van der Waals surface area contributed by atoms with E-state index in [0.717, 1.165) is 46.3 Å². The Hall–Kier alpha value is -3.61. The molecule has 7 nitrogen and oxygen atoms in total. The van der Waals surface area contributed by atoms with E-state index >= 15 is 0 Å². The Balaban J connectivity index is 1.53. The van der Waals surface area contributed by atoms with Gasteiger partial charge in [0.1, 0.15) is 12.0 Å². The van der Waals surface area contributed by atoms with Crippen molar-refractivity contribution >= 4 is 5.82 Å². The number of benzene rings is 1. The van der Waals surface area contributed by atoms with Crippen LogP contribution in [0, 0.1) is 0 Å². The van der Waals surface area contributed by atoms with Gasteiger partial charge in [0.25, 0.3) is 0 Å². The van der Waals surface area contributed by atoms with E-state index < -0.39 is 0 Å². The van der Waals surface area contributed by atoms with Crippen LogP contribution >= 0.6 is 0 Å². The van der Waals surface area contributed by atoms with Gasteiger partial charge in [-0.1, -0.05) is 37.3 Å². The first-order valence-electron chi connectivity index (χ1n) is 10.9. The number of fused-ring (bicyclic) bond motifs is 3. The molecule has 4 heterocycles. The van der Waals surface area contributed by atoms with Crippen molar-refractivity contribution in [2.75, 3.05) is 4.90 Å². The van der Waals surface area contributed by atoms with Crippen molar-refractivity contribution in [3.63, 3.8) is 0 Å². The largest absolute Gasteiger partial charge is 0.342 e. The van der Waals surface area contributed by atoms with E-state index in [0.29, 0.717) is 6.04 Å². The Bertz CT molecular complexity index is 1230. The maximum Gasteiger partial charge on any atom is 0.162 e. The fourth-order valence-electron chi connectivity index (χ4n) is 4.69. The average Bonchev–Trinajstić information content (AvgIpc) is 3.28. The number of pyridine rings is 1. The molecule has 2 aliphatic rings. The maximum atomic E-state index is 5.14. The molecule has 154 valence electrons. The molecule has 6 rings (SSSR count). The molecule has 31 heavy (non-hydrogen) atoms. The topological polar surface area (TPSA) is 72.6 Å². The molecule has 0 amide bonds. The predicted octanol–water partition coefficient (Wildman–Crippen LogP) is 4.61. The van der Waals surface area contributed by atoms with Crippen LogP contribution in [-0.4, -0.2) is 35.8 Å². The summed E-state index contributed by atoms with van der Waals surface area (Å²) in [6, 6.07) is 13.0. The maximum absolute atomic E-state index is 5.14. The van der Waals surface area contributed by atoms with E-state index in [9.17, 15) is 0 Å². The molecular weight excluding hydrogens is 386 g/mol. The zero-order chi connectivity index (χ0) is 20.8. The Morgan fingerprint density at radius 1 is 1.03 bits per heavy atom. The lowest BCUT2D eigenvalue weighted by molar-refractivity contribution is 0.342. The Kier molecular flexibility index (Phi) is 4.26. The molecule has 7 heteroatoms. The van der Waals surface area contributed by atoms with E-state index in [1.54, 1.807) is 12.5 Å². The Morgan fingerprint density at radius 3 is 2.68 bits per heavy atom. The molecule has 1 unspecified atom stereocenters. The van der Waals surface area contributed by atoms with Crippen molar-refractivity contribution in [1.29, 1.82) is 0 Å². The smallest absolute Gasteiger partial charge is 0.162 e. The molecule has 0 spiro atoms. The van der Waals surface area contributed by atoms with E-state index in [4.69, 9.17) is 9.97 Å². The van der Waals surface area contributed by atoms with Gasteiger partial charge in [-0.05, 0) is 37.3 Å². The zero-order valence-corrected chi connectivity index (χ0v) is 17.4. The minimum Gasteiger partial charge on any atom is -0.342 e. The van der Waals surface area contributed by atoms with Crippen LogP contribution in [0.15, 0.2) is 61.3 Å². The molecule has 1 saturated carbocycles. The van der Waals surface area contributed by atoms with Crippen molar-refractivity contribution in [2.24, 2.45) is 0 Å². The second-order valence-electron chi connectivity index (χ2n) is 8.16. The van der Waals surface area contributed by atoms with Gasteiger partial charge in [0.05, 0.1) is 12.2 Å². The second-order valence-corrected chi connectivity index (χ2v) is 8.16.